The van der Waals surface area contributed by atoms with Crippen LogP contribution in [0, 0.1) is 0 Å². The number of rotatable bonds is 11. The molecule has 9 heteroatoms. The second-order valence-electron chi connectivity index (χ2n) is 10.2. The maximum Gasteiger partial charge on any atom is 0.422 e. The van der Waals surface area contributed by atoms with Gasteiger partial charge < -0.3 is 19.9 Å². The van der Waals surface area contributed by atoms with Crippen molar-refractivity contribution < 1.29 is 24.2 Å². The van der Waals surface area contributed by atoms with Crippen LogP contribution in [0.2, 0.25) is 5.02 Å². The zero-order valence-corrected chi connectivity index (χ0v) is 23.2. The normalized spacial score (nSPS) is 12.9. The number of ether oxygens (including phenoxy) is 2. The summed E-state index contributed by atoms with van der Waals surface area (Å²) >= 11 is 6.03. The van der Waals surface area contributed by atoms with Crippen LogP contribution < -0.4 is 10.7 Å². The molecule has 0 fully saturated rings. The zero-order chi connectivity index (χ0) is 28.3. The molecule has 0 bridgehead atoms. The van der Waals surface area contributed by atoms with E-state index in [2.05, 4.69) is 10.7 Å². The third kappa shape index (κ3) is 11.4. The van der Waals surface area contributed by atoms with Crippen molar-refractivity contribution in [2.75, 3.05) is 6.54 Å². The molecule has 2 atom stereocenters. The van der Waals surface area contributed by atoms with Crippen LogP contribution in [0.3, 0.4) is 0 Å². The lowest BCUT2D eigenvalue weighted by atomic mass is 10.0. The summed E-state index contributed by atoms with van der Waals surface area (Å²) in [5.41, 5.74) is 4.66. The number of benzene rings is 3. The number of nitrogens with one attached hydrogen (secondary N) is 2. The Labute approximate surface area is 234 Å². The van der Waals surface area contributed by atoms with Gasteiger partial charge in [0.25, 0.3) is 0 Å². The second-order valence-corrected chi connectivity index (χ2v) is 10.6. The number of aliphatic hydroxyl groups is 1. The van der Waals surface area contributed by atoms with Crippen molar-refractivity contribution in [1.82, 2.24) is 15.8 Å². The number of carbonyl (C=O) groups excluding carboxylic acids is 2. The van der Waals surface area contributed by atoms with Gasteiger partial charge >= 0.3 is 12.2 Å². The molecule has 3 N–H and O–H groups in total. The molecule has 2 amide bonds. The summed E-state index contributed by atoms with van der Waals surface area (Å²) in [5.74, 6) is 0. The van der Waals surface area contributed by atoms with E-state index in [1.54, 1.807) is 37.9 Å². The highest BCUT2D eigenvalue weighted by molar-refractivity contribution is 6.30. The Morgan fingerprint density at radius 2 is 1.46 bits per heavy atom. The highest BCUT2D eigenvalue weighted by Crippen LogP contribution is 2.14. The van der Waals surface area contributed by atoms with E-state index < -0.39 is 29.9 Å². The predicted octanol–water partition coefficient (Wildman–Crippen LogP) is 5.48. The molecular formula is C30H36ClN3O5. The molecular weight excluding hydrogens is 518 g/mol. The van der Waals surface area contributed by atoms with Gasteiger partial charge in [0.05, 0.1) is 12.1 Å². The average Bonchev–Trinajstić information content (AvgIpc) is 2.88. The molecule has 0 unspecified atom stereocenters. The number of halogens is 1. The van der Waals surface area contributed by atoms with Crippen LogP contribution in [-0.2, 0) is 29.0 Å². The van der Waals surface area contributed by atoms with Crippen LogP contribution in [0.1, 0.15) is 37.5 Å². The molecule has 208 valence electrons. The highest BCUT2D eigenvalue weighted by Gasteiger charge is 2.27. The maximum atomic E-state index is 12.7. The molecule has 39 heavy (non-hydrogen) atoms. The molecule has 0 saturated heterocycles. The molecule has 0 radical (unpaired) electrons. The Hall–Kier alpha value is -3.59. The lowest BCUT2D eigenvalue weighted by Crippen LogP contribution is -2.53. The highest BCUT2D eigenvalue weighted by atomic mass is 35.5. The van der Waals surface area contributed by atoms with Crippen LogP contribution in [0.5, 0.6) is 0 Å². The summed E-state index contributed by atoms with van der Waals surface area (Å²) in [4.78, 5) is 25.3. The molecule has 3 aromatic rings. The fourth-order valence-corrected chi connectivity index (χ4v) is 3.94. The summed E-state index contributed by atoms with van der Waals surface area (Å²) in [7, 11) is 0. The number of aliphatic hydroxyl groups excluding tert-OH is 1. The number of nitrogens with zero attached hydrogens (tertiary/aromatic N) is 1. The van der Waals surface area contributed by atoms with Crippen molar-refractivity contribution in [3.8, 4) is 0 Å². The number of alkyl carbamates (subject to hydrolysis) is 1. The van der Waals surface area contributed by atoms with Gasteiger partial charge in [0.2, 0.25) is 0 Å². The molecule has 0 spiro atoms. The van der Waals surface area contributed by atoms with Gasteiger partial charge in [-0.15, -0.1) is 0 Å². The molecule has 0 aliphatic heterocycles. The Morgan fingerprint density at radius 3 is 2.05 bits per heavy atom. The standard InChI is InChI=1S/C30H36ClN3O5/c1-30(2,3)39-29(37)33-34(19-23-14-16-25(31)17-15-23)20-27(35)26(18-22-10-6-4-7-11-22)32-28(36)38-21-24-12-8-5-9-13-24/h4-17,26-27,35H,18-21H2,1-3H3,(H,32,36)(H,33,37)/t26-,27-/m0/s1. The zero-order valence-electron chi connectivity index (χ0n) is 22.5. The Bertz CT molecular complexity index is 1170. The minimum absolute atomic E-state index is 0.00165. The average molecular weight is 554 g/mol. The van der Waals surface area contributed by atoms with E-state index in [9.17, 15) is 14.7 Å². The van der Waals surface area contributed by atoms with E-state index in [1.165, 1.54) is 0 Å². The first kappa shape index (κ1) is 30.0. The quantitative estimate of drug-likeness (QED) is 0.272. The van der Waals surface area contributed by atoms with Crippen LogP contribution in [0.15, 0.2) is 84.9 Å². The van der Waals surface area contributed by atoms with Gasteiger partial charge in [0, 0.05) is 18.1 Å². The van der Waals surface area contributed by atoms with E-state index in [0.717, 1.165) is 16.7 Å². The van der Waals surface area contributed by atoms with E-state index in [4.69, 9.17) is 21.1 Å². The van der Waals surface area contributed by atoms with Gasteiger partial charge in [0.1, 0.15) is 12.2 Å². The lowest BCUT2D eigenvalue weighted by molar-refractivity contribution is 0.0141. The summed E-state index contributed by atoms with van der Waals surface area (Å²) < 4.78 is 10.8. The number of amides is 2. The number of hydrazine groups is 1. The van der Waals surface area contributed by atoms with E-state index >= 15 is 0 Å². The smallest absolute Gasteiger partial charge is 0.422 e. The lowest BCUT2D eigenvalue weighted by Gasteiger charge is -2.31. The third-order valence-electron chi connectivity index (χ3n) is 5.62. The molecule has 0 heterocycles. The summed E-state index contributed by atoms with van der Waals surface area (Å²) in [6, 6.07) is 25.3. The van der Waals surface area contributed by atoms with Crippen molar-refractivity contribution >= 4 is 23.8 Å². The maximum absolute atomic E-state index is 12.7. The van der Waals surface area contributed by atoms with Crippen LogP contribution in [-0.4, -0.2) is 46.6 Å². The summed E-state index contributed by atoms with van der Waals surface area (Å²) in [6.45, 7) is 5.68. The van der Waals surface area contributed by atoms with E-state index in [0.29, 0.717) is 11.4 Å². The van der Waals surface area contributed by atoms with Crippen molar-refractivity contribution in [3.63, 3.8) is 0 Å². The Balaban J connectivity index is 1.73. The molecule has 0 aliphatic rings. The van der Waals surface area contributed by atoms with Gasteiger partial charge in [-0.25, -0.2) is 14.6 Å². The number of hydrogen-bond donors (Lipinski definition) is 3. The first-order valence-corrected chi connectivity index (χ1v) is 13.1. The van der Waals surface area contributed by atoms with Crippen LogP contribution in [0.4, 0.5) is 9.59 Å². The van der Waals surface area contributed by atoms with Crippen molar-refractivity contribution in [1.29, 1.82) is 0 Å². The third-order valence-corrected chi connectivity index (χ3v) is 5.87. The topological polar surface area (TPSA) is 100 Å². The summed E-state index contributed by atoms with van der Waals surface area (Å²) in [5, 5.41) is 16.3. The molecule has 3 aromatic carbocycles. The van der Waals surface area contributed by atoms with Gasteiger partial charge in [-0.3, -0.25) is 5.43 Å². The van der Waals surface area contributed by atoms with Crippen LogP contribution >= 0.6 is 11.6 Å². The molecule has 0 saturated carbocycles. The van der Waals surface area contributed by atoms with Gasteiger partial charge in [-0.1, -0.05) is 84.4 Å². The molecule has 8 nitrogen and oxygen atoms in total. The van der Waals surface area contributed by atoms with Crippen LogP contribution in [0.25, 0.3) is 0 Å². The number of carbonyl (C=O) groups is 2. The SMILES string of the molecule is CC(C)(C)OC(=O)NN(Cc1ccc(Cl)cc1)C[C@H](O)[C@H](Cc1ccccc1)NC(=O)OCc1ccccc1. The fraction of sp³-hybridized carbons (Fsp3) is 0.333. The molecule has 3 rings (SSSR count). The van der Waals surface area contributed by atoms with E-state index in [-0.39, 0.29) is 19.7 Å². The number of hydrogen-bond acceptors (Lipinski definition) is 6. The molecule has 0 aromatic heterocycles. The molecule has 0 aliphatic carbocycles. The van der Waals surface area contributed by atoms with Gasteiger partial charge in [-0.05, 0) is 56.0 Å². The van der Waals surface area contributed by atoms with Crippen molar-refractivity contribution in [3.05, 3.63) is 107 Å². The Kier molecular flexibility index (Phi) is 11.2. The minimum atomic E-state index is -1.07. The van der Waals surface area contributed by atoms with Crippen molar-refractivity contribution in [2.24, 2.45) is 0 Å². The van der Waals surface area contributed by atoms with Crippen molar-refractivity contribution in [2.45, 2.75) is 58.1 Å². The second kappa shape index (κ2) is 14.5. The first-order chi connectivity index (χ1) is 18.6. The summed E-state index contributed by atoms with van der Waals surface area (Å²) in [6.07, 6.45) is -2.03. The Morgan fingerprint density at radius 1 is 0.872 bits per heavy atom. The van der Waals surface area contributed by atoms with E-state index in [1.807, 2.05) is 72.8 Å². The monoisotopic (exact) mass is 553 g/mol. The first-order valence-electron chi connectivity index (χ1n) is 12.8. The van der Waals surface area contributed by atoms with Gasteiger partial charge in [0.15, 0.2) is 0 Å². The van der Waals surface area contributed by atoms with Gasteiger partial charge in [-0.2, -0.15) is 0 Å². The predicted molar refractivity (Wildman–Crippen MR) is 151 cm³/mol. The fourth-order valence-electron chi connectivity index (χ4n) is 3.81. The largest absolute Gasteiger partial charge is 0.445 e. The minimum Gasteiger partial charge on any atom is -0.445 e.